The Morgan fingerprint density at radius 2 is 2.36 bits per heavy atom. The molecule has 1 fully saturated rings. The highest BCUT2D eigenvalue weighted by atomic mass is 16.4. The number of H-pyrrole nitrogens is 1. The third kappa shape index (κ3) is 0.882. The Kier molecular flexibility index (Phi) is 1.36. The number of fused-ring (bicyclic) bond motifs is 1. The van der Waals surface area contributed by atoms with Crippen LogP contribution in [0.2, 0.25) is 0 Å². The quantitative estimate of drug-likeness (QED) is 0.704. The standard InChI is InChI=1S/C10H12N2O2/c13-9(14)8-6-5-11-12-7(6)1-2-10(8)3-4-10/h5,8H,1-4H2,(H,11,12)(H,13,14). The third-order valence-corrected chi connectivity index (χ3v) is 3.69. The summed E-state index contributed by atoms with van der Waals surface area (Å²) in [7, 11) is 0. The Hall–Kier alpha value is -1.32. The van der Waals surface area contributed by atoms with Gasteiger partial charge in [-0.15, -0.1) is 0 Å². The molecule has 0 bridgehead atoms. The van der Waals surface area contributed by atoms with E-state index in [1.165, 1.54) is 0 Å². The maximum absolute atomic E-state index is 11.2. The van der Waals surface area contributed by atoms with Crippen LogP contribution in [-0.2, 0) is 11.2 Å². The Morgan fingerprint density at radius 1 is 1.57 bits per heavy atom. The maximum Gasteiger partial charge on any atom is 0.311 e. The van der Waals surface area contributed by atoms with E-state index >= 15 is 0 Å². The molecule has 1 unspecified atom stereocenters. The summed E-state index contributed by atoms with van der Waals surface area (Å²) in [6, 6.07) is 0. The number of carbonyl (C=O) groups is 1. The molecule has 0 amide bonds. The lowest BCUT2D eigenvalue weighted by Gasteiger charge is -2.27. The number of aromatic nitrogens is 2. The highest BCUT2D eigenvalue weighted by Gasteiger charge is 2.55. The second kappa shape index (κ2) is 2.38. The molecular formula is C10H12N2O2. The molecule has 4 nitrogen and oxygen atoms in total. The van der Waals surface area contributed by atoms with Gasteiger partial charge in [-0.2, -0.15) is 5.10 Å². The summed E-state index contributed by atoms with van der Waals surface area (Å²) < 4.78 is 0. The van der Waals surface area contributed by atoms with E-state index in [1.54, 1.807) is 6.20 Å². The first-order chi connectivity index (χ1) is 6.73. The van der Waals surface area contributed by atoms with Gasteiger partial charge in [-0.1, -0.05) is 0 Å². The smallest absolute Gasteiger partial charge is 0.311 e. The van der Waals surface area contributed by atoms with Gasteiger partial charge in [0.2, 0.25) is 0 Å². The molecule has 1 spiro atoms. The molecule has 0 radical (unpaired) electrons. The molecule has 0 aliphatic heterocycles. The largest absolute Gasteiger partial charge is 0.481 e. The maximum atomic E-state index is 11.2. The average Bonchev–Trinajstić information content (AvgIpc) is 2.75. The minimum atomic E-state index is -0.690. The van der Waals surface area contributed by atoms with Gasteiger partial charge in [0, 0.05) is 11.3 Å². The molecule has 1 saturated carbocycles. The molecule has 1 atom stereocenters. The molecule has 74 valence electrons. The highest BCUT2D eigenvalue weighted by molar-refractivity contribution is 5.78. The molecule has 1 heterocycles. The summed E-state index contributed by atoms with van der Waals surface area (Å²) in [5, 5.41) is 16.1. The fraction of sp³-hybridized carbons (Fsp3) is 0.600. The Balaban J connectivity index is 2.10. The monoisotopic (exact) mass is 192 g/mol. The summed E-state index contributed by atoms with van der Waals surface area (Å²) in [6.07, 6.45) is 5.77. The summed E-state index contributed by atoms with van der Waals surface area (Å²) in [6.45, 7) is 0. The van der Waals surface area contributed by atoms with Crippen LogP contribution in [0.1, 0.15) is 36.4 Å². The molecule has 3 rings (SSSR count). The van der Waals surface area contributed by atoms with Crippen molar-refractivity contribution in [3.8, 4) is 0 Å². The van der Waals surface area contributed by atoms with Crippen molar-refractivity contribution in [2.45, 2.75) is 31.6 Å². The number of aromatic amines is 1. The zero-order valence-corrected chi connectivity index (χ0v) is 7.79. The number of hydrogen-bond donors (Lipinski definition) is 2. The SMILES string of the molecule is O=C(O)C1c2cn[nH]c2CCC12CC2. The topological polar surface area (TPSA) is 66.0 Å². The van der Waals surface area contributed by atoms with Crippen LogP contribution in [0.5, 0.6) is 0 Å². The van der Waals surface area contributed by atoms with Gasteiger partial charge >= 0.3 is 5.97 Å². The number of aliphatic carboxylic acids is 1. The second-order valence-corrected chi connectivity index (χ2v) is 4.44. The molecule has 4 heteroatoms. The van der Waals surface area contributed by atoms with Crippen LogP contribution in [0.25, 0.3) is 0 Å². The van der Waals surface area contributed by atoms with E-state index in [1.807, 2.05) is 0 Å². The van der Waals surface area contributed by atoms with Gasteiger partial charge in [-0.3, -0.25) is 9.89 Å². The number of nitrogens with zero attached hydrogens (tertiary/aromatic N) is 1. The average molecular weight is 192 g/mol. The van der Waals surface area contributed by atoms with Crippen LogP contribution in [-0.4, -0.2) is 21.3 Å². The molecular weight excluding hydrogens is 180 g/mol. The van der Waals surface area contributed by atoms with Crippen LogP contribution >= 0.6 is 0 Å². The van der Waals surface area contributed by atoms with E-state index < -0.39 is 5.97 Å². The predicted octanol–water partition coefficient (Wildman–Crippen LogP) is 1.30. The fourth-order valence-electron chi connectivity index (χ4n) is 2.71. The number of rotatable bonds is 1. The molecule has 2 aliphatic rings. The van der Waals surface area contributed by atoms with Crippen LogP contribution < -0.4 is 0 Å². The lowest BCUT2D eigenvalue weighted by molar-refractivity contribution is -0.141. The number of carboxylic acids is 1. The number of nitrogens with one attached hydrogen (secondary N) is 1. The lowest BCUT2D eigenvalue weighted by atomic mass is 9.75. The Labute approximate surface area is 81.3 Å². The van der Waals surface area contributed by atoms with Gasteiger partial charge in [0.15, 0.2) is 0 Å². The van der Waals surface area contributed by atoms with Gasteiger partial charge in [-0.05, 0) is 31.1 Å². The third-order valence-electron chi connectivity index (χ3n) is 3.69. The summed E-state index contributed by atoms with van der Waals surface area (Å²) in [5.41, 5.74) is 2.01. The van der Waals surface area contributed by atoms with E-state index in [4.69, 9.17) is 0 Å². The number of hydrogen-bond acceptors (Lipinski definition) is 2. The normalized spacial score (nSPS) is 27.3. The van der Waals surface area contributed by atoms with Crippen LogP contribution in [0.4, 0.5) is 0 Å². The molecule has 1 aromatic heterocycles. The van der Waals surface area contributed by atoms with Gasteiger partial charge in [0.25, 0.3) is 0 Å². The van der Waals surface area contributed by atoms with Crippen LogP contribution in [0, 0.1) is 5.41 Å². The highest BCUT2D eigenvalue weighted by Crippen LogP contribution is 2.61. The summed E-state index contributed by atoms with van der Waals surface area (Å²) >= 11 is 0. The lowest BCUT2D eigenvalue weighted by Crippen LogP contribution is -2.27. The number of aryl methyl sites for hydroxylation is 1. The zero-order chi connectivity index (χ0) is 9.76. The van der Waals surface area contributed by atoms with Gasteiger partial charge < -0.3 is 5.11 Å². The minimum Gasteiger partial charge on any atom is -0.481 e. The summed E-state index contributed by atoms with van der Waals surface area (Å²) in [4.78, 5) is 11.2. The molecule has 0 aromatic carbocycles. The fourth-order valence-corrected chi connectivity index (χ4v) is 2.71. The molecule has 2 aliphatic carbocycles. The Bertz CT molecular complexity index is 393. The molecule has 1 aromatic rings. The predicted molar refractivity (Wildman–Crippen MR) is 49.0 cm³/mol. The first-order valence-electron chi connectivity index (χ1n) is 4.98. The first-order valence-corrected chi connectivity index (χ1v) is 4.98. The van der Waals surface area contributed by atoms with E-state index in [0.29, 0.717) is 0 Å². The molecule has 14 heavy (non-hydrogen) atoms. The van der Waals surface area contributed by atoms with Crippen LogP contribution in [0.15, 0.2) is 6.20 Å². The van der Waals surface area contributed by atoms with Crippen LogP contribution in [0.3, 0.4) is 0 Å². The summed E-state index contributed by atoms with van der Waals surface area (Å²) in [5.74, 6) is -1.00. The van der Waals surface area contributed by atoms with Crippen molar-refractivity contribution in [2.75, 3.05) is 0 Å². The van der Waals surface area contributed by atoms with Crippen molar-refractivity contribution < 1.29 is 9.90 Å². The molecule has 0 saturated heterocycles. The van der Waals surface area contributed by atoms with Crippen molar-refractivity contribution in [1.82, 2.24) is 10.2 Å². The van der Waals surface area contributed by atoms with E-state index in [2.05, 4.69) is 10.2 Å². The van der Waals surface area contributed by atoms with Crippen molar-refractivity contribution in [1.29, 1.82) is 0 Å². The zero-order valence-electron chi connectivity index (χ0n) is 7.79. The second-order valence-electron chi connectivity index (χ2n) is 4.44. The molecule has 2 N–H and O–H groups in total. The van der Waals surface area contributed by atoms with Crippen molar-refractivity contribution in [3.63, 3.8) is 0 Å². The van der Waals surface area contributed by atoms with E-state index in [0.717, 1.165) is 36.9 Å². The van der Waals surface area contributed by atoms with Gasteiger partial charge in [0.1, 0.15) is 0 Å². The van der Waals surface area contributed by atoms with Crippen molar-refractivity contribution >= 4 is 5.97 Å². The minimum absolute atomic E-state index is 0.0721. The van der Waals surface area contributed by atoms with Crippen molar-refractivity contribution in [2.24, 2.45) is 5.41 Å². The first kappa shape index (κ1) is 8.03. The van der Waals surface area contributed by atoms with E-state index in [9.17, 15) is 9.90 Å². The number of carboxylic acid groups (broad SMARTS) is 1. The van der Waals surface area contributed by atoms with Crippen molar-refractivity contribution in [3.05, 3.63) is 17.5 Å². The Morgan fingerprint density at radius 3 is 3.00 bits per heavy atom. The van der Waals surface area contributed by atoms with Gasteiger partial charge in [0.05, 0.1) is 12.1 Å². The van der Waals surface area contributed by atoms with E-state index in [-0.39, 0.29) is 11.3 Å². The van der Waals surface area contributed by atoms with Gasteiger partial charge in [-0.25, -0.2) is 0 Å².